The summed E-state index contributed by atoms with van der Waals surface area (Å²) in [7, 11) is 1.75. The highest BCUT2D eigenvalue weighted by molar-refractivity contribution is 9.10. The summed E-state index contributed by atoms with van der Waals surface area (Å²) in [6, 6.07) is 2.01. The third-order valence-corrected chi connectivity index (χ3v) is 5.53. The number of rotatable bonds is 4. The van der Waals surface area contributed by atoms with Crippen LogP contribution in [0.25, 0.3) is 9.88 Å². The largest absolute Gasteiger partial charge is 0.336 e. The van der Waals surface area contributed by atoms with E-state index in [1.165, 1.54) is 11.3 Å². The summed E-state index contributed by atoms with van der Waals surface area (Å²) in [5, 5.41) is 4.67. The molecule has 2 N–H and O–H groups in total. The fourth-order valence-electron chi connectivity index (χ4n) is 1.45. The molecule has 0 saturated heterocycles. The summed E-state index contributed by atoms with van der Waals surface area (Å²) in [6.07, 6.45) is 0. The van der Waals surface area contributed by atoms with Crippen LogP contribution in [0.1, 0.15) is 17.4 Å². The molecule has 1 unspecified atom stereocenters. The van der Waals surface area contributed by atoms with Crippen LogP contribution < -0.4 is 5.73 Å². The topological polar surface area (TPSA) is 59.2 Å². The van der Waals surface area contributed by atoms with Crippen LogP contribution in [0.3, 0.4) is 0 Å². The zero-order valence-electron chi connectivity index (χ0n) is 11.4. The summed E-state index contributed by atoms with van der Waals surface area (Å²) in [5.74, 6) is -0.0870. The molecule has 0 bridgehead atoms. The maximum Gasteiger partial charge on any atom is 0.273 e. The molecule has 4 nitrogen and oxygen atoms in total. The Morgan fingerprint density at radius 2 is 2.10 bits per heavy atom. The number of nitrogens with zero attached hydrogens (tertiary/aromatic N) is 2. The molecule has 2 heterocycles. The standard InChI is InChI=1S/C12H14BrN3OS2.2ClH/c1-7(4-14)16(2)12(17)9-6-19-11(15-9)10-3-8(13)5-18-10;;/h3,5-7H,4,14H2,1-2H3;2*1H. The lowest BCUT2D eigenvalue weighted by atomic mass is 10.3. The van der Waals surface area contributed by atoms with E-state index in [-0.39, 0.29) is 36.8 Å². The molecule has 1 atom stereocenters. The first-order valence-electron chi connectivity index (χ1n) is 5.70. The van der Waals surface area contributed by atoms with E-state index < -0.39 is 0 Å². The van der Waals surface area contributed by atoms with Crippen LogP contribution in [0.15, 0.2) is 21.3 Å². The number of carbonyl (C=O) groups is 1. The van der Waals surface area contributed by atoms with E-state index in [1.54, 1.807) is 28.7 Å². The van der Waals surface area contributed by atoms with Crippen LogP contribution in [0.2, 0.25) is 0 Å². The minimum atomic E-state index is -0.0870. The van der Waals surface area contributed by atoms with Crippen LogP contribution in [0.5, 0.6) is 0 Å². The van der Waals surface area contributed by atoms with Gasteiger partial charge in [0.25, 0.3) is 5.91 Å². The highest BCUT2D eigenvalue weighted by Gasteiger charge is 2.19. The highest BCUT2D eigenvalue weighted by atomic mass is 79.9. The van der Waals surface area contributed by atoms with Gasteiger partial charge in [0.15, 0.2) is 0 Å². The average molecular weight is 433 g/mol. The van der Waals surface area contributed by atoms with E-state index in [0.29, 0.717) is 12.2 Å². The van der Waals surface area contributed by atoms with Crippen LogP contribution in [0, 0.1) is 0 Å². The molecule has 0 spiro atoms. The minimum Gasteiger partial charge on any atom is -0.336 e. The highest BCUT2D eigenvalue weighted by Crippen LogP contribution is 2.32. The molecule has 9 heteroatoms. The predicted octanol–water partition coefficient (Wildman–Crippen LogP) is 3.90. The number of hydrogen-bond donors (Lipinski definition) is 1. The van der Waals surface area contributed by atoms with Gasteiger partial charge in [-0.2, -0.15) is 0 Å². The molecule has 118 valence electrons. The van der Waals surface area contributed by atoms with Crippen molar-refractivity contribution in [3.8, 4) is 9.88 Å². The van der Waals surface area contributed by atoms with Gasteiger partial charge < -0.3 is 10.6 Å². The van der Waals surface area contributed by atoms with Gasteiger partial charge in [-0.1, -0.05) is 0 Å². The van der Waals surface area contributed by atoms with Gasteiger partial charge in [-0.25, -0.2) is 4.98 Å². The predicted molar refractivity (Wildman–Crippen MR) is 98.2 cm³/mol. The van der Waals surface area contributed by atoms with Gasteiger partial charge in [0.05, 0.1) is 4.88 Å². The fourth-order valence-corrected chi connectivity index (χ4v) is 3.75. The van der Waals surface area contributed by atoms with Crippen LogP contribution in [-0.4, -0.2) is 35.4 Å². The first kappa shape index (κ1) is 20.8. The second-order valence-corrected chi connectivity index (χ2v) is 6.85. The molecule has 0 aliphatic heterocycles. The average Bonchev–Trinajstić information content (AvgIpc) is 3.04. The first-order valence-corrected chi connectivity index (χ1v) is 8.25. The molecule has 0 aromatic carbocycles. The third kappa shape index (κ3) is 4.91. The molecular weight excluding hydrogens is 417 g/mol. The lowest BCUT2D eigenvalue weighted by Gasteiger charge is -2.22. The van der Waals surface area contributed by atoms with E-state index in [4.69, 9.17) is 5.73 Å². The second-order valence-electron chi connectivity index (χ2n) is 4.17. The minimum absolute atomic E-state index is 0. The molecule has 2 aromatic heterocycles. The number of thiophene rings is 1. The van der Waals surface area contributed by atoms with Crippen molar-refractivity contribution in [2.75, 3.05) is 13.6 Å². The van der Waals surface area contributed by atoms with Gasteiger partial charge in [-0.05, 0) is 28.9 Å². The van der Waals surface area contributed by atoms with Crippen LogP contribution >= 0.6 is 63.4 Å². The third-order valence-electron chi connectivity index (χ3n) is 2.82. The normalized spacial score (nSPS) is 11.2. The number of thiazole rings is 1. The molecule has 0 aliphatic carbocycles. The van der Waals surface area contributed by atoms with E-state index in [1.807, 2.05) is 18.4 Å². The van der Waals surface area contributed by atoms with Crippen LogP contribution in [-0.2, 0) is 0 Å². The number of halogens is 3. The van der Waals surface area contributed by atoms with Gasteiger partial charge in [0, 0.05) is 34.9 Å². The molecule has 0 aliphatic rings. The summed E-state index contributed by atoms with van der Waals surface area (Å²) in [6.45, 7) is 2.36. The zero-order chi connectivity index (χ0) is 14.0. The fraction of sp³-hybridized carbons (Fsp3) is 0.333. The van der Waals surface area contributed by atoms with Gasteiger partial charge in [-0.15, -0.1) is 47.5 Å². The molecule has 21 heavy (non-hydrogen) atoms. The van der Waals surface area contributed by atoms with Gasteiger partial charge in [0.1, 0.15) is 10.7 Å². The van der Waals surface area contributed by atoms with Crippen molar-refractivity contribution in [1.82, 2.24) is 9.88 Å². The zero-order valence-corrected chi connectivity index (χ0v) is 16.3. The lowest BCUT2D eigenvalue weighted by Crippen LogP contribution is -2.39. The Morgan fingerprint density at radius 1 is 1.43 bits per heavy atom. The Hall–Kier alpha value is -0.180. The van der Waals surface area contributed by atoms with Crippen molar-refractivity contribution >= 4 is 69.3 Å². The van der Waals surface area contributed by atoms with Gasteiger partial charge in [0.2, 0.25) is 0 Å². The quantitative estimate of drug-likeness (QED) is 0.796. The van der Waals surface area contributed by atoms with E-state index in [2.05, 4.69) is 20.9 Å². The smallest absolute Gasteiger partial charge is 0.273 e. The van der Waals surface area contributed by atoms with Crippen molar-refractivity contribution in [2.45, 2.75) is 13.0 Å². The van der Waals surface area contributed by atoms with Crippen molar-refractivity contribution in [2.24, 2.45) is 5.73 Å². The first-order chi connectivity index (χ1) is 9.02. The monoisotopic (exact) mass is 431 g/mol. The van der Waals surface area contributed by atoms with E-state index in [0.717, 1.165) is 14.4 Å². The van der Waals surface area contributed by atoms with E-state index >= 15 is 0 Å². The van der Waals surface area contributed by atoms with Crippen molar-refractivity contribution in [3.63, 3.8) is 0 Å². The van der Waals surface area contributed by atoms with Crippen molar-refractivity contribution in [1.29, 1.82) is 0 Å². The molecule has 2 rings (SSSR count). The Balaban J connectivity index is 0.00000200. The molecule has 0 saturated carbocycles. The second kappa shape index (κ2) is 9.07. The van der Waals surface area contributed by atoms with Crippen LogP contribution in [0.4, 0.5) is 0 Å². The number of likely N-dealkylation sites (N-methyl/N-ethyl adjacent to an activating group) is 1. The molecule has 0 radical (unpaired) electrons. The van der Waals surface area contributed by atoms with E-state index in [9.17, 15) is 4.79 Å². The molecule has 0 fully saturated rings. The number of nitrogens with two attached hydrogens (primary N) is 1. The molecule has 2 aromatic rings. The number of amides is 1. The maximum atomic E-state index is 12.2. The summed E-state index contributed by atoms with van der Waals surface area (Å²) in [5.41, 5.74) is 6.05. The number of aromatic nitrogens is 1. The number of hydrogen-bond acceptors (Lipinski definition) is 5. The maximum absolute atomic E-state index is 12.2. The van der Waals surface area contributed by atoms with Gasteiger partial charge >= 0.3 is 0 Å². The summed E-state index contributed by atoms with van der Waals surface area (Å²) in [4.78, 5) is 19.3. The Kier molecular flexibility index (Phi) is 8.99. The Labute approximate surface area is 152 Å². The van der Waals surface area contributed by atoms with Crippen molar-refractivity contribution in [3.05, 3.63) is 27.0 Å². The lowest BCUT2D eigenvalue weighted by molar-refractivity contribution is 0.0743. The van der Waals surface area contributed by atoms with Crippen molar-refractivity contribution < 1.29 is 4.79 Å². The summed E-state index contributed by atoms with van der Waals surface area (Å²) < 4.78 is 1.03. The Bertz CT molecular complexity index is 591. The SMILES string of the molecule is CC(CN)N(C)C(=O)c1csc(-c2cc(Br)cs2)n1.Cl.Cl. The molecular formula is C12H16BrCl2N3OS2. The van der Waals surface area contributed by atoms with Gasteiger partial charge in [-0.3, -0.25) is 4.79 Å². The number of carbonyl (C=O) groups excluding carboxylic acids is 1. The summed E-state index contributed by atoms with van der Waals surface area (Å²) >= 11 is 6.50. The molecule has 1 amide bonds. The Morgan fingerprint density at radius 3 is 2.62 bits per heavy atom.